The predicted molar refractivity (Wildman–Crippen MR) is 111 cm³/mol. The lowest BCUT2D eigenvalue weighted by molar-refractivity contribution is 0.0600. The fourth-order valence-electron chi connectivity index (χ4n) is 2.86. The van der Waals surface area contributed by atoms with Gasteiger partial charge >= 0.3 is 5.97 Å². The van der Waals surface area contributed by atoms with Crippen LogP contribution >= 0.6 is 0 Å². The summed E-state index contributed by atoms with van der Waals surface area (Å²) in [6.07, 6.45) is 2.25. The monoisotopic (exact) mass is 393 g/mol. The van der Waals surface area contributed by atoms with Crippen LogP contribution in [-0.2, 0) is 4.74 Å². The number of benzene rings is 1. The lowest BCUT2D eigenvalue weighted by atomic mass is 10.0. The number of carbonyl (C=O) groups excluding carboxylic acids is 1. The van der Waals surface area contributed by atoms with Gasteiger partial charge in [0.1, 0.15) is 17.3 Å². The van der Waals surface area contributed by atoms with Crippen LogP contribution in [0, 0.1) is 5.41 Å². The first-order chi connectivity index (χ1) is 14.1. The number of hydrogen-bond donors (Lipinski definition) is 2. The molecule has 0 aliphatic carbocycles. The number of pyridine rings is 1. The topological polar surface area (TPSA) is 97.4 Å². The third kappa shape index (κ3) is 5.01. The van der Waals surface area contributed by atoms with Gasteiger partial charge in [0.15, 0.2) is 5.76 Å². The molecule has 0 spiro atoms. The van der Waals surface area contributed by atoms with E-state index in [1.807, 2.05) is 30.3 Å². The van der Waals surface area contributed by atoms with Crippen LogP contribution in [0.5, 0.6) is 5.75 Å². The maximum Gasteiger partial charge on any atom is 0.338 e. The number of ether oxygens (including phenoxy) is 2. The summed E-state index contributed by atoms with van der Waals surface area (Å²) in [5, 5.41) is 11.3. The molecule has 7 nitrogen and oxygen atoms in total. The van der Waals surface area contributed by atoms with Gasteiger partial charge in [-0.05, 0) is 43.7 Å². The van der Waals surface area contributed by atoms with Gasteiger partial charge in [-0.3, -0.25) is 0 Å². The number of carbonyl (C=O) groups is 1. The van der Waals surface area contributed by atoms with E-state index in [1.165, 1.54) is 7.11 Å². The fourth-order valence-corrected chi connectivity index (χ4v) is 2.86. The van der Waals surface area contributed by atoms with Crippen LogP contribution in [0.1, 0.15) is 29.3 Å². The summed E-state index contributed by atoms with van der Waals surface area (Å²) in [7, 11) is 1.31. The summed E-state index contributed by atoms with van der Waals surface area (Å²) < 4.78 is 16.0. The molecule has 0 atom stereocenters. The van der Waals surface area contributed by atoms with Crippen LogP contribution in [0.3, 0.4) is 0 Å². The Labute approximate surface area is 169 Å². The Morgan fingerprint density at radius 3 is 2.66 bits per heavy atom. The highest BCUT2D eigenvalue weighted by atomic mass is 16.5. The maximum atomic E-state index is 12.3. The van der Waals surface area contributed by atoms with Gasteiger partial charge < -0.3 is 24.6 Å². The third-order valence-electron chi connectivity index (χ3n) is 4.20. The Hall–Kier alpha value is -3.61. The van der Waals surface area contributed by atoms with Gasteiger partial charge in [-0.25, -0.2) is 9.78 Å². The molecule has 7 heteroatoms. The van der Waals surface area contributed by atoms with Crippen molar-refractivity contribution in [1.29, 1.82) is 5.41 Å². The number of esters is 1. The molecule has 0 saturated carbocycles. The Kier molecular flexibility index (Phi) is 6.63. The summed E-state index contributed by atoms with van der Waals surface area (Å²) in [6, 6.07) is 14.7. The van der Waals surface area contributed by atoms with E-state index in [2.05, 4.69) is 10.3 Å². The zero-order valence-electron chi connectivity index (χ0n) is 16.4. The zero-order chi connectivity index (χ0) is 20.6. The Morgan fingerprint density at radius 1 is 1.21 bits per heavy atom. The van der Waals surface area contributed by atoms with Crippen LogP contribution < -0.4 is 10.1 Å². The minimum Gasteiger partial charge on any atom is -0.494 e. The number of methoxy groups -OCH3 is 1. The standard InChI is InChI=1S/C22H23N3O4/c1-15(23)20-17(22(26)27-2)14-18(19-10-6-12-29-19)25-21(20)24-11-7-13-28-16-8-4-3-5-9-16/h3-6,8-10,12,14,23H,7,11,13H2,1-2H3,(H,24,25). The van der Waals surface area contributed by atoms with Crippen molar-refractivity contribution in [3.05, 3.63) is 65.9 Å². The van der Waals surface area contributed by atoms with E-state index in [0.717, 1.165) is 5.75 Å². The summed E-state index contributed by atoms with van der Waals surface area (Å²) >= 11 is 0. The largest absolute Gasteiger partial charge is 0.494 e. The van der Waals surface area contributed by atoms with Crippen molar-refractivity contribution in [3.8, 4) is 17.2 Å². The van der Waals surface area contributed by atoms with Crippen molar-refractivity contribution in [3.63, 3.8) is 0 Å². The molecule has 0 aliphatic heterocycles. The van der Waals surface area contributed by atoms with Crippen molar-refractivity contribution in [1.82, 2.24) is 4.98 Å². The first-order valence-electron chi connectivity index (χ1n) is 9.24. The molecular weight excluding hydrogens is 370 g/mol. The molecule has 0 saturated heterocycles. The summed E-state index contributed by atoms with van der Waals surface area (Å²) in [6.45, 7) is 2.69. The summed E-state index contributed by atoms with van der Waals surface area (Å²) in [5.74, 6) is 1.25. The molecule has 3 aromatic rings. The van der Waals surface area contributed by atoms with Gasteiger partial charge in [0, 0.05) is 12.3 Å². The number of hydrogen-bond acceptors (Lipinski definition) is 7. The van der Waals surface area contributed by atoms with Gasteiger partial charge in [0.25, 0.3) is 0 Å². The minimum atomic E-state index is -0.530. The smallest absolute Gasteiger partial charge is 0.338 e. The van der Waals surface area contributed by atoms with E-state index < -0.39 is 5.97 Å². The SMILES string of the molecule is COC(=O)c1cc(-c2ccco2)nc(NCCCOc2ccccc2)c1C(C)=N. The molecule has 0 fully saturated rings. The summed E-state index contributed by atoms with van der Waals surface area (Å²) in [4.78, 5) is 16.9. The van der Waals surface area contributed by atoms with Crippen molar-refractivity contribution < 1.29 is 18.7 Å². The van der Waals surface area contributed by atoms with Crippen molar-refractivity contribution in [2.24, 2.45) is 0 Å². The molecule has 1 aromatic carbocycles. The second kappa shape index (κ2) is 9.54. The zero-order valence-corrected chi connectivity index (χ0v) is 16.4. The Bertz CT molecular complexity index is 969. The average molecular weight is 393 g/mol. The molecule has 2 N–H and O–H groups in total. The van der Waals surface area contributed by atoms with E-state index in [9.17, 15) is 4.79 Å². The molecule has 0 aliphatic rings. The van der Waals surface area contributed by atoms with Crippen LogP contribution in [0.2, 0.25) is 0 Å². The lowest BCUT2D eigenvalue weighted by Crippen LogP contribution is -2.16. The van der Waals surface area contributed by atoms with Gasteiger partial charge in [-0.1, -0.05) is 18.2 Å². The van der Waals surface area contributed by atoms with Crippen molar-refractivity contribution in [2.45, 2.75) is 13.3 Å². The summed E-state index contributed by atoms with van der Waals surface area (Å²) in [5.41, 5.74) is 1.39. The Balaban J connectivity index is 1.78. The number of furan rings is 1. The molecule has 29 heavy (non-hydrogen) atoms. The van der Waals surface area contributed by atoms with Crippen LogP contribution in [0.4, 0.5) is 5.82 Å². The van der Waals surface area contributed by atoms with E-state index in [0.29, 0.717) is 42.4 Å². The maximum absolute atomic E-state index is 12.3. The molecule has 150 valence electrons. The number of nitrogens with one attached hydrogen (secondary N) is 2. The predicted octanol–water partition coefficient (Wildman–Crippen LogP) is 4.40. The molecule has 2 heterocycles. The quantitative estimate of drug-likeness (QED) is 0.318. The van der Waals surface area contributed by atoms with E-state index in [-0.39, 0.29) is 11.3 Å². The number of aromatic nitrogens is 1. The van der Waals surface area contributed by atoms with E-state index >= 15 is 0 Å². The average Bonchev–Trinajstić information content (AvgIpc) is 3.28. The van der Waals surface area contributed by atoms with Crippen molar-refractivity contribution in [2.75, 3.05) is 25.6 Å². The van der Waals surface area contributed by atoms with Crippen LogP contribution in [0.25, 0.3) is 11.5 Å². The van der Waals surface area contributed by atoms with Gasteiger partial charge in [0.05, 0.1) is 31.1 Å². The molecule has 0 bridgehead atoms. The third-order valence-corrected chi connectivity index (χ3v) is 4.20. The second-order valence-electron chi connectivity index (χ2n) is 6.31. The molecule has 0 amide bonds. The molecule has 3 rings (SSSR count). The number of para-hydroxylation sites is 1. The number of nitrogens with zero attached hydrogens (tertiary/aromatic N) is 1. The molecular formula is C22H23N3O4. The van der Waals surface area contributed by atoms with Gasteiger partial charge in [-0.15, -0.1) is 0 Å². The fraction of sp³-hybridized carbons (Fsp3) is 0.227. The van der Waals surface area contributed by atoms with E-state index in [1.54, 1.807) is 31.4 Å². The molecule has 2 aromatic heterocycles. The first kappa shape index (κ1) is 20.1. The van der Waals surface area contributed by atoms with Gasteiger partial charge in [0.2, 0.25) is 0 Å². The first-order valence-corrected chi connectivity index (χ1v) is 9.24. The highest BCUT2D eigenvalue weighted by Crippen LogP contribution is 2.27. The second-order valence-corrected chi connectivity index (χ2v) is 6.31. The highest BCUT2D eigenvalue weighted by Gasteiger charge is 2.21. The number of anilines is 1. The van der Waals surface area contributed by atoms with Crippen LogP contribution in [-0.4, -0.2) is 36.9 Å². The lowest BCUT2D eigenvalue weighted by Gasteiger charge is -2.15. The highest BCUT2D eigenvalue weighted by molar-refractivity contribution is 6.10. The molecule has 0 radical (unpaired) electrons. The van der Waals surface area contributed by atoms with Crippen molar-refractivity contribution >= 4 is 17.5 Å². The van der Waals surface area contributed by atoms with Gasteiger partial charge in [-0.2, -0.15) is 0 Å². The Morgan fingerprint density at radius 2 is 2.00 bits per heavy atom. The number of rotatable bonds is 9. The minimum absolute atomic E-state index is 0.215. The van der Waals surface area contributed by atoms with E-state index in [4.69, 9.17) is 19.3 Å². The van der Waals surface area contributed by atoms with Crippen LogP contribution in [0.15, 0.2) is 59.2 Å². The molecule has 0 unspecified atom stereocenters. The normalized spacial score (nSPS) is 10.4.